The summed E-state index contributed by atoms with van der Waals surface area (Å²) in [5.41, 5.74) is 0. The maximum absolute atomic E-state index is 11.0. The quantitative estimate of drug-likeness (QED) is 0.512. The lowest BCUT2D eigenvalue weighted by Gasteiger charge is -2.13. The molecule has 1 unspecified atom stereocenters. The van der Waals surface area contributed by atoms with Crippen LogP contribution in [0.2, 0.25) is 0 Å². The number of cyclic esters (lactones) is 1. The van der Waals surface area contributed by atoms with E-state index in [0.29, 0.717) is 0 Å². The molecule has 1 aliphatic heterocycles. The lowest BCUT2D eigenvalue weighted by Crippen LogP contribution is -2.31. The van der Waals surface area contributed by atoms with Gasteiger partial charge < -0.3 is 24.8 Å². The third-order valence-corrected chi connectivity index (χ3v) is 1.75. The number of carbonyl (C=O) groups is 1. The molecule has 6 heteroatoms. The third-order valence-electron chi connectivity index (χ3n) is 1.75. The van der Waals surface area contributed by atoms with Crippen LogP contribution in [-0.4, -0.2) is 46.7 Å². The molecule has 2 atom stereocenters. The fourth-order valence-electron chi connectivity index (χ4n) is 1.09. The summed E-state index contributed by atoms with van der Waals surface area (Å²) in [4.78, 5) is 11.0. The molecule has 0 fully saturated rings. The highest BCUT2D eigenvalue weighted by Crippen LogP contribution is 2.23. The molecule has 0 saturated carbocycles. The van der Waals surface area contributed by atoms with Crippen LogP contribution in [0.1, 0.15) is 6.92 Å². The Morgan fingerprint density at radius 2 is 2.29 bits per heavy atom. The maximum atomic E-state index is 11.0. The van der Waals surface area contributed by atoms with Gasteiger partial charge in [-0.05, 0) is 6.92 Å². The van der Waals surface area contributed by atoms with Gasteiger partial charge in [-0.25, -0.2) is 4.79 Å². The second-order valence-corrected chi connectivity index (χ2v) is 2.72. The standard InChI is InChI=1S/C8H12O6/c1-2-13-7-5(11)6(4(10)3-9)14-8(7)12/h4,6,9-11H,2-3H2,1H3/t4?,6-/m1/s1. The van der Waals surface area contributed by atoms with Crippen molar-refractivity contribution in [3.05, 3.63) is 11.5 Å². The first-order valence-electron chi connectivity index (χ1n) is 4.17. The molecule has 3 N–H and O–H groups in total. The van der Waals surface area contributed by atoms with Crippen molar-refractivity contribution in [1.82, 2.24) is 0 Å². The van der Waals surface area contributed by atoms with Crippen LogP contribution in [0.3, 0.4) is 0 Å². The Morgan fingerprint density at radius 3 is 2.79 bits per heavy atom. The molecular weight excluding hydrogens is 192 g/mol. The molecular formula is C8H12O6. The predicted molar refractivity (Wildman–Crippen MR) is 44.3 cm³/mol. The second kappa shape index (κ2) is 4.30. The highest BCUT2D eigenvalue weighted by Gasteiger charge is 2.40. The van der Waals surface area contributed by atoms with Gasteiger partial charge in [0.2, 0.25) is 5.76 Å². The number of aliphatic hydroxyl groups excluding tert-OH is 3. The fraction of sp³-hybridized carbons (Fsp3) is 0.625. The van der Waals surface area contributed by atoms with Crippen molar-refractivity contribution in [1.29, 1.82) is 0 Å². The number of hydrogen-bond donors (Lipinski definition) is 3. The van der Waals surface area contributed by atoms with E-state index >= 15 is 0 Å². The number of rotatable bonds is 4. The second-order valence-electron chi connectivity index (χ2n) is 2.72. The lowest BCUT2D eigenvalue weighted by molar-refractivity contribution is -0.148. The Bertz CT molecular complexity index is 259. The van der Waals surface area contributed by atoms with Crippen molar-refractivity contribution in [2.75, 3.05) is 13.2 Å². The van der Waals surface area contributed by atoms with Gasteiger partial charge in [-0.15, -0.1) is 0 Å². The molecule has 0 amide bonds. The number of ether oxygens (including phenoxy) is 2. The number of esters is 1. The van der Waals surface area contributed by atoms with E-state index in [0.717, 1.165) is 0 Å². The van der Waals surface area contributed by atoms with Crippen LogP contribution in [0.25, 0.3) is 0 Å². The lowest BCUT2D eigenvalue weighted by atomic mass is 10.2. The van der Waals surface area contributed by atoms with E-state index in [9.17, 15) is 9.90 Å². The molecule has 1 rings (SSSR count). The molecule has 1 aliphatic rings. The summed E-state index contributed by atoms with van der Waals surface area (Å²) in [7, 11) is 0. The van der Waals surface area contributed by atoms with Gasteiger partial charge in [0.05, 0.1) is 13.2 Å². The largest absolute Gasteiger partial charge is 0.505 e. The van der Waals surface area contributed by atoms with E-state index in [-0.39, 0.29) is 12.4 Å². The van der Waals surface area contributed by atoms with E-state index < -0.39 is 30.5 Å². The summed E-state index contributed by atoms with van der Waals surface area (Å²) in [6.07, 6.45) is -2.56. The Labute approximate surface area is 80.4 Å². The molecule has 80 valence electrons. The van der Waals surface area contributed by atoms with Crippen molar-refractivity contribution < 1.29 is 29.6 Å². The minimum atomic E-state index is -1.34. The number of carbonyl (C=O) groups excluding carboxylic acids is 1. The van der Waals surface area contributed by atoms with Crippen LogP contribution in [0.4, 0.5) is 0 Å². The summed E-state index contributed by atoms with van der Waals surface area (Å²) in [5.74, 6) is -1.61. The number of hydrogen-bond acceptors (Lipinski definition) is 6. The molecule has 0 bridgehead atoms. The molecule has 0 aromatic rings. The highest BCUT2D eigenvalue weighted by atomic mass is 16.6. The molecule has 0 spiro atoms. The molecule has 1 heterocycles. The van der Waals surface area contributed by atoms with Crippen LogP contribution in [-0.2, 0) is 14.3 Å². The predicted octanol–water partition coefficient (Wildman–Crippen LogP) is -0.929. The van der Waals surface area contributed by atoms with Crippen LogP contribution < -0.4 is 0 Å². The third kappa shape index (κ3) is 1.80. The summed E-state index contributed by atoms with van der Waals surface area (Å²) in [6.45, 7) is 1.24. The van der Waals surface area contributed by atoms with Crippen molar-refractivity contribution in [3.63, 3.8) is 0 Å². The van der Waals surface area contributed by atoms with Gasteiger partial charge in [-0.1, -0.05) is 0 Å². The minimum Gasteiger partial charge on any atom is -0.505 e. The zero-order valence-corrected chi connectivity index (χ0v) is 7.64. The zero-order chi connectivity index (χ0) is 10.7. The SMILES string of the molecule is CCOC1=C(O)[C@@H](C(O)CO)OC1=O. The monoisotopic (exact) mass is 204 g/mol. The molecule has 14 heavy (non-hydrogen) atoms. The summed E-state index contributed by atoms with van der Waals surface area (Å²) in [5, 5.41) is 27.1. The van der Waals surface area contributed by atoms with E-state index in [4.69, 9.17) is 14.9 Å². The summed E-state index contributed by atoms with van der Waals surface area (Å²) < 4.78 is 9.41. The van der Waals surface area contributed by atoms with E-state index in [1.54, 1.807) is 6.92 Å². The molecule has 0 radical (unpaired) electrons. The fourth-order valence-corrected chi connectivity index (χ4v) is 1.09. The van der Waals surface area contributed by atoms with E-state index in [2.05, 4.69) is 4.74 Å². The van der Waals surface area contributed by atoms with Crippen molar-refractivity contribution in [2.45, 2.75) is 19.1 Å². The maximum Gasteiger partial charge on any atom is 0.378 e. The van der Waals surface area contributed by atoms with Crippen LogP contribution in [0.15, 0.2) is 11.5 Å². The van der Waals surface area contributed by atoms with Crippen LogP contribution in [0.5, 0.6) is 0 Å². The van der Waals surface area contributed by atoms with Gasteiger partial charge in [-0.2, -0.15) is 0 Å². The van der Waals surface area contributed by atoms with Crippen molar-refractivity contribution in [3.8, 4) is 0 Å². The molecule has 0 aliphatic carbocycles. The molecule has 6 nitrogen and oxygen atoms in total. The van der Waals surface area contributed by atoms with Crippen LogP contribution in [0, 0.1) is 0 Å². The Kier molecular flexibility index (Phi) is 3.32. The molecule has 0 aromatic carbocycles. The molecule has 0 saturated heterocycles. The van der Waals surface area contributed by atoms with E-state index in [1.165, 1.54) is 0 Å². The summed E-state index contributed by atoms with van der Waals surface area (Å²) in [6, 6.07) is 0. The van der Waals surface area contributed by atoms with E-state index in [1.807, 2.05) is 0 Å². The van der Waals surface area contributed by atoms with Gasteiger partial charge in [-0.3, -0.25) is 0 Å². The van der Waals surface area contributed by atoms with Gasteiger partial charge in [0.25, 0.3) is 0 Å². The average Bonchev–Trinajstić information content (AvgIpc) is 2.45. The van der Waals surface area contributed by atoms with Gasteiger partial charge in [0, 0.05) is 0 Å². The van der Waals surface area contributed by atoms with Gasteiger partial charge in [0.1, 0.15) is 6.10 Å². The normalized spacial score (nSPS) is 23.6. The molecule has 0 aromatic heterocycles. The Morgan fingerprint density at radius 1 is 1.64 bits per heavy atom. The average molecular weight is 204 g/mol. The Hall–Kier alpha value is -1.27. The summed E-state index contributed by atoms with van der Waals surface area (Å²) >= 11 is 0. The van der Waals surface area contributed by atoms with Gasteiger partial charge >= 0.3 is 5.97 Å². The van der Waals surface area contributed by atoms with Crippen LogP contribution >= 0.6 is 0 Å². The van der Waals surface area contributed by atoms with Crippen molar-refractivity contribution >= 4 is 5.97 Å². The zero-order valence-electron chi connectivity index (χ0n) is 7.64. The van der Waals surface area contributed by atoms with Gasteiger partial charge in [0.15, 0.2) is 11.9 Å². The Balaban J connectivity index is 2.81. The first-order chi connectivity index (χ1) is 6.61. The smallest absolute Gasteiger partial charge is 0.378 e. The highest BCUT2D eigenvalue weighted by molar-refractivity contribution is 5.89. The first-order valence-corrected chi connectivity index (χ1v) is 4.17. The van der Waals surface area contributed by atoms with Crippen molar-refractivity contribution in [2.24, 2.45) is 0 Å². The number of aliphatic hydroxyl groups is 3. The minimum absolute atomic E-state index is 0.205. The topological polar surface area (TPSA) is 96.2 Å². The first kappa shape index (κ1) is 10.8.